The van der Waals surface area contributed by atoms with E-state index in [1.54, 1.807) is 0 Å². The van der Waals surface area contributed by atoms with Crippen molar-refractivity contribution in [1.29, 1.82) is 0 Å². The number of benzene rings is 1. The molecule has 0 aliphatic heterocycles. The molecule has 19 heavy (non-hydrogen) atoms. The first-order chi connectivity index (χ1) is 9.24. The number of hydrogen-bond donors (Lipinski definition) is 1. The van der Waals surface area contributed by atoms with Gasteiger partial charge in [-0.05, 0) is 37.0 Å². The van der Waals surface area contributed by atoms with Crippen LogP contribution in [0.15, 0.2) is 35.5 Å². The number of aromatic nitrogens is 1. The van der Waals surface area contributed by atoms with E-state index in [2.05, 4.69) is 24.0 Å². The number of thioether (sulfide) groups is 1. The van der Waals surface area contributed by atoms with Crippen LogP contribution >= 0.6 is 11.8 Å². The van der Waals surface area contributed by atoms with Crippen LogP contribution in [0.1, 0.15) is 32.6 Å². The van der Waals surface area contributed by atoms with E-state index in [-0.39, 0.29) is 0 Å². The molecule has 1 aromatic heterocycles. The van der Waals surface area contributed by atoms with Gasteiger partial charge < -0.3 is 5.73 Å². The Balaban J connectivity index is 1.90. The van der Waals surface area contributed by atoms with Crippen LogP contribution in [0, 0.1) is 5.92 Å². The van der Waals surface area contributed by atoms with Gasteiger partial charge >= 0.3 is 0 Å². The number of rotatable bonds is 2. The van der Waals surface area contributed by atoms with Crippen molar-refractivity contribution in [2.24, 2.45) is 5.92 Å². The maximum absolute atomic E-state index is 6.03. The van der Waals surface area contributed by atoms with Crippen molar-refractivity contribution in [1.82, 2.24) is 4.98 Å². The maximum Gasteiger partial charge on any atom is 0.0410 e. The Hall–Kier alpha value is -1.22. The standard InChI is InChI=1S/C16H20N2S/c1-11-3-2-4-12(9-11)19-16-6-5-15(17)14-10-18-8-7-13(14)16/h5-8,10-12H,2-4,9,17H2,1H3. The summed E-state index contributed by atoms with van der Waals surface area (Å²) in [7, 11) is 0. The van der Waals surface area contributed by atoms with E-state index in [9.17, 15) is 0 Å². The number of pyridine rings is 1. The second kappa shape index (κ2) is 5.41. The number of fused-ring (bicyclic) bond motifs is 1. The summed E-state index contributed by atoms with van der Waals surface area (Å²) in [5, 5.41) is 3.08. The summed E-state index contributed by atoms with van der Waals surface area (Å²) >= 11 is 2.02. The molecule has 1 fully saturated rings. The van der Waals surface area contributed by atoms with Gasteiger partial charge in [-0.25, -0.2) is 0 Å². The molecule has 2 aromatic rings. The van der Waals surface area contributed by atoms with Crippen LogP contribution in [0.25, 0.3) is 10.8 Å². The minimum Gasteiger partial charge on any atom is -0.398 e. The highest BCUT2D eigenvalue weighted by Crippen LogP contribution is 2.39. The summed E-state index contributed by atoms with van der Waals surface area (Å²) in [6, 6.07) is 6.26. The fraction of sp³-hybridized carbons (Fsp3) is 0.438. The molecule has 2 unspecified atom stereocenters. The van der Waals surface area contributed by atoms with Crippen LogP contribution in [0.4, 0.5) is 5.69 Å². The molecule has 2 atom stereocenters. The minimum absolute atomic E-state index is 0.753. The summed E-state index contributed by atoms with van der Waals surface area (Å²) in [5.41, 5.74) is 6.85. The molecular weight excluding hydrogens is 252 g/mol. The number of anilines is 1. The lowest BCUT2D eigenvalue weighted by atomic mass is 9.91. The Kier molecular flexibility index (Phi) is 3.65. The Morgan fingerprint density at radius 2 is 2.11 bits per heavy atom. The number of hydrogen-bond acceptors (Lipinski definition) is 3. The van der Waals surface area contributed by atoms with E-state index in [4.69, 9.17) is 5.73 Å². The van der Waals surface area contributed by atoms with Crippen molar-refractivity contribution in [3.8, 4) is 0 Å². The zero-order valence-corrected chi connectivity index (χ0v) is 12.1. The molecule has 1 heterocycles. The van der Waals surface area contributed by atoms with Crippen LogP contribution in [0.5, 0.6) is 0 Å². The average Bonchev–Trinajstić information content (AvgIpc) is 2.42. The second-order valence-electron chi connectivity index (χ2n) is 5.59. The quantitative estimate of drug-likeness (QED) is 0.819. The second-order valence-corrected chi connectivity index (χ2v) is 6.93. The van der Waals surface area contributed by atoms with Crippen LogP contribution < -0.4 is 5.73 Å². The Labute approximate surface area is 118 Å². The maximum atomic E-state index is 6.03. The first-order valence-corrected chi connectivity index (χ1v) is 7.91. The zero-order chi connectivity index (χ0) is 13.2. The first-order valence-electron chi connectivity index (χ1n) is 7.03. The summed E-state index contributed by atoms with van der Waals surface area (Å²) in [4.78, 5) is 5.54. The third-order valence-corrected chi connectivity index (χ3v) is 5.37. The molecule has 2 N–H and O–H groups in total. The molecular formula is C16H20N2S. The molecule has 2 nitrogen and oxygen atoms in total. The summed E-state index contributed by atoms with van der Waals surface area (Å²) in [6.07, 6.45) is 9.16. The normalized spacial score (nSPS) is 23.6. The van der Waals surface area contributed by atoms with Crippen LogP contribution in [-0.2, 0) is 0 Å². The van der Waals surface area contributed by atoms with E-state index in [0.29, 0.717) is 0 Å². The third-order valence-electron chi connectivity index (χ3n) is 3.99. The molecule has 1 aliphatic rings. The predicted molar refractivity (Wildman–Crippen MR) is 83.4 cm³/mol. The van der Waals surface area contributed by atoms with E-state index in [0.717, 1.165) is 22.2 Å². The zero-order valence-electron chi connectivity index (χ0n) is 11.3. The van der Waals surface area contributed by atoms with Gasteiger partial charge in [0, 0.05) is 39.0 Å². The number of nitrogen functional groups attached to an aromatic ring is 1. The molecule has 0 amide bonds. The molecule has 1 saturated carbocycles. The lowest BCUT2D eigenvalue weighted by Gasteiger charge is -2.26. The summed E-state index contributed by atoms with van der Waals surface area (Å²) < 4.78 is 0. The van der Waals surface area contributed by atoms with Crippen molar-refractivity contribution >= 4 is 28.2 Å². The highest BCUT2D eigenvalue weighted by atomic mass is 32.2. The third kappa shape index (κ3) is 2.71. The molecule has 3 rings (SSSR count). The van der Waals surface area contributed by atoms with Gasteiger partial charge in [0.05, 0.1) is 0 Å². The topological polar surface area (TPSA) is 38.9 Å². The Morgan fingerprint density at radius 3 is 2.95 bits per heavy atom. The van der Waals surface area contributed by atoms with Gasteiger partial charge in [-0.3, -0.25) is 4.98 Å². The molecule has 0 bridgehead atoms. The monoisotopic (exact) mass is 272 g/mol. The molecule has 100 valence electrons. The van der Waals surface area contributed by atoms with Gasteiger partial charge in [-0.15, -0.1) is 11.8 Å². The SMILES string of the molecule is CC1CCCC(Sc2ccc(N)c3cnccc23)C1. The molecule has 0 saturated heterocycles. The fourth-order valence-corrected chi connectivity index (χ4v) is 4.47. The van der Waals surface area contributed by atoms with Crippen molar-refractivity contribution in [2.75, 3.05) is 5.73 Å². The average molecular weight is 272 g/mol. The molecule has 1 aliphatic carbocycles. The van der Waals surface area contributed by atoms with Gasteiger partial charge in [0.15, 0.2) is 0 Å². The van der Waals surface area contributed by atoms with Crippen LogP contribution in [0.3, 0.4) is 0 Å². The van der Waals surface area contributed by atoms with Gasteiger partial charge in [-0.1, -0.05) is 19.8 Å². The number of nitrogens with zero attached hydrogens (tertiary/aromatic N) is 1. The van der Waals surface area contributed by atoms with Gasteiger partial charge in [-0.2, -0.15) is 0 Å². The van der Waals surface area contributed by atoms with Crippen molar-refractivity contribution < 1.29 is 0 Å². The van der Waals surface area contributed by atoms with Crippen LogP contribution in [0.2, 0.25) is 0 Å². The van der Waals surface area contributed by atoms with E-state index >= 15 is 0 Å². The molecule has 0 radical (unpaired) electrons. The Bertz CT molecular complexity index is 582. The Morgan fingerprint density at radius 1 is 1.21 bits per heavy atom. The fourth-order valence-electron chi connectivity index (χ4n) is 2.95. The smallest absolute Gasteiger partial charge is 0.0410 e. The van der Waals surface area contributed by atoms with E-state index < -0.39 is 0 Å². The molecule has 0 spiro atoms. The van der Waals surface area contributed by atoms with E-state index in [1.807, 2.05) is 30.2 Å². The summed E-state index contributed by atoms with van der Waals surface area (Å²) in [6.45, 7) is 2.37. The lowest BCUT2D eigenvalue weighted by molar-refractivity contribution is 0.394. The van der Waals surface area contributed by atoms with Gasteiger partial charge in [0.25, 0.3) is 0 Å². The molecule has 1 aromatic carbocycles. The minimum atomic E-state index is 0.753. The largest absolute Gasteiger partial charge is 0.398 e. The molecule has 3 heteroatoms. The van der Waals surface area contributed by atoms with Crippen molar-refractivity contribution in [3.63, 3.8) is 0 Å². The van der Waals surface area contributed by atoms with Crippen molar-refractivity contribution in [3.05, 3.63) is 30.6 Å². The van der Waals surface area contributed by atoms with Crippen LogP contribution in [-0.4, -0.2) is 10.2 Å². The van der Waals surface area contributed by atoms with Gasteiger partial charge in [0.1, 0.15) is 0 Å². The number of nitrogens with two attached hydrogens (primary N) is 1. The van der Waals surface area contributed by atoms with Gasteiger partial charge in [0.2, 0.25) is 0 Å². The highest BCUT2D eigenvalue weighted by Gasteiger charge is 2.20. The lowest BCUT2D eigenvalue weighted by Crippen LogP contribution is -2.14. The van der Waals surface area contributed by atoms with E-state index in [1.165, 1.54) is 36.0 Å². The van der Waals surface area contributed by atoms with Crippen molar-refractivity contribution in [2.45, 2.75) is 42.8 Å². The summed E-state index contributed by atoms with van der Waals surface area (Å²) in [5.74, 6) is 0.868. The first kappa shape index (κ1) is 12.8. The predicted octanol–water partition coefficient (Wildman–Crippen LogP) is 4.49. The highest BCUT2D eigenvalue weighted by molar-refractivity contribution is 8.00.